The summed E-state index contributed by atoms with van der Waals surface area (Å²) in [5.41, 5.74) is 1.15. The van der Waals surface area contributed by atoms with Crippen LogP contribution >= 0.6 is 11.6 Å². The lowest BCUT2D eigenvalue weighted by atomic mass is 10.1. The number of rotatable bonds is 5. The van der Waals surface area contributed by atoms with Crippen LogP contribution < -0.4 is 10.1 Å². The fourth-order valence-corrected chi connectivity index (χ4v) is 3.74. The lowest BCUT2D eigenvalue weighted by Gasteiger charge is -2.11. The highest BCUT2D eigenvalue weighted by Gasteiger charge is 2.46. The predicted molar refractivity (Wildman–Crippen MR) is 113 cm³/mol. The molecule has 3 heterocycles. The number of aromatic amines is 1. The van der Waals surface area contributed by atoms with E-state index < -0.39 is 17.4 Å². The number of carbonyl (C=O) groups excluding carboxylic acids is 2. The van der Waals surface area contributed by atoms with Crippen molar-refractivity contribution in [2.45, 2.75) is 20.3 Å². The maximum absolute atomic E-state index is 13.3. The molecule has 3 aromatic rings. The number of imide groups is 1. The summed E-state index contributed by atoms with van der Waals surface area (Å²) in [6.07, 6.45) is 4.00. The van der Waals surface area contributed by atoms with Crippen LogP contribution in [0.25, 0.3) is 17.0 Å². The van der Waals surface area contributed by atoms with E-state index in [-0.39, 0.29) is 23.4 Å². The lowest BCUT2D eigenvalue weighted by Crippen LogP contribution is -2.39. The molecule has 1 aliphatic heterocycles. The highest BCUT2D eigenvalue weighted by molar-refractivity contribution is 6.44. The van der Waals surface area contributed by atoms with E-state index in [2.05, 4.69) is 5.10 Å². The van der Waals surface area contributed by atoms with Crippen molar-refractivity contribution < 1.29 is 14.2 Å². The number of aryl methyl sites for hydroxylation is 1. The van der Waals surface area contributed by atoms with Gasteiger partial charge in [0, 0.05) is 29.4 Å². The first-order chi connectivity index (χ1) is 14.4. The summed E-state index contributed by atoms with van der Waals surface area (Å²) in [4.78, 5) is 40.9. The molecule has 0 aliphatic carbocycles. The number of halogens is 1. The van der Waals surface area contributed by atoms with Gasteiger partial charge in [0.25, 0.3) is 17.2 Å². The molecule has 0 radical (unpaired) electrons. The summed E-state index contributed by atoms with van der Waals surface area (Å²) in [6.45, 7) is 3.89. The van der Waals surface area contributed by atoms with Crippen LogP contribution in [0.3, 0.4) is 0 Å². The summed E-state index contributed by atoms with van der Waals surface area (Å²) >= 11 is 5.95. The zero-order valence-electron chi connectivity index (χ0n) is 16.6. The number of benzene rings is 1. The second-order valence-electron chi connectivity index (χ2n) is 7.00. The minimum absolute atomic E-state index is 0.108. The smallest absolute Gasteiger partial charge is 0.295 e. The Labute approximate surface area is 177 Å². The summed E-state index contributed by atoms with van der Waals surface area (Å²) < 4.78 is 2.94. The summed E-state index contributed by atoms with van der Waals surface area (Å²) in [5, 5.41) is 3.56. The minimum atomic E-state index is -0.462. The average molecular weight is 424 g/mol. The third-order valence-corrected chi connectivity index (χ3v) is 5.22. The molecule has 0 unspecified atom stereocenters. The zero-order valence-corrected chi connectivity index (χ0v) is 17.3. The van der Waals surface area contributed by atoms with Crippen LogP contribution in [-0.4, -0.2) is 33.0 Å². The van der Waals surface area contributed by atoms with Crippen LogP contribution in [0.5, 0.6) is 0 Å². The van der Waals surface area contributed by atoms with Gasteiger partial charge in [-0.2, -0.15) is 4.57 Å². The Hall–Kier alpha value is -3.45. The zero-order chi connectivity index (χ0) is 21.4. The monoisotopic (exact) mass is 423 g/mol. The van der Waals surface area contributed by atoms with E-state index in [9.17, 15) is 14.4 Å². The van der Waals surface area contributed by atoms with E-state index in [4.69, 9.17) is 11.6 Å². The topological polar surface area (TPSA) is 79.1 Å². The Kier molecular flexibility index (Phi) is 5.13. The van der Waals surface area contributed by atoms with Crippen LogP contribution in [0.1, 0.15) is 24.6 Å². The van der Waals surface area contributed by atoms with Crippen molar-refractivity contribution in [1.29, 1.82) is 0 Å². The van der Waals surface area contributed by atoms with E-state index in [0.717, 1.165) is 0 Å². The van der Waals surface area contributed by atoms with Crippen LogP contribution in [0, 0.1) is 6.92 Å². The number of pyridine rings is 1. The van der Waals surface area contributed by atoms with Gasteiger partial charge in [-0.3, -0.25) is 24.4 Å². The number of carbonyl (C=O) groups is 2. The van der Waals surface area contributed by atoms with Crippen molar-refractivity contribution in [2.24, 2.45) is 0 Å². The van der Waals surface area contributed by atoms with E-state index in [1.54, 1.807) is 60.3 Å². The van der Waals surface area contributed by atoms with Gasteiger partial charge in [0.1, 0.15) is 5.57 Å². The molecule has 2 amide bonds. The molecule has 4 rings (SSSR count). The number of amides is 2. The highest BCUT2D eigenvalue weighted by Crippen LogP contribution is 2.29. The van der Waals surface area contributed by atoms with Gasteiger partial charge < -0.3 is 0 Å². The Morgan fingerprint density at radius 1 is 1.00 bits per heavy atom. The second-order valence-corrected chi connectivity index (χ2v) is 7.43. The van der Waals surface area contributed by atoms with E-state index in [1.165, 1.54) is 9.58 Å². The molecule has 0 saturated heterocycles. The molecule has 0 spiro atoms. The maximum atomic E-state index is 13.3. The van der Waals surface area contributed by atoms with Crippen molar-refractivity contribution >= 4 is 34.7 Å². The van der Waals surface area contributed by atoms with Gasteiger partial charge in [0.05, 0.1) is 11.3 Å². The molecule has 2 aromatic heterocycles. The second kappa shape index (κ2) is 7.76. The molecule has 1 aliphatic rings. The van der Waals surface area contributed by atoms with Gasteiger partial charge in [-0.25, -0.2) is 4.68 Å². The molecular weight excluding hydrogens is 404 g/mol. The summed E-state index contributed by atoms with van der Waals surface area (Å²) in [6, 6.07) is 12.1. The molecule has 30 heavy (non-hydrogen) atoms. The molecule has 8 heteroatoms. The third kappa shape index (κ3) is 3.17. The Balaban J connectivity index is 1.95. The van der Waals surface area contributed by atoms with E-state index in [0.29, 0.717) is 22.8 Å². The quantitative estimate of drug-likeness (QED) is 0.506. The van der Waals surface area contributed by atoms with Gasteiger partial charge in [-0.1, -0.05) is 24.6 Å². The number of H-pyrrole nitrogens is 1. The largest absolute Gasteiger partial charge is 0.326 e. The number of hydrogen-bond donors (Lipinski definition) is 1. The van der Waals surface area contributed by atoms with Crippen molar-refractivity contribution in [3.8, 4) is 5.69 Å². The predicted octanol–water partition coefficient (Wildman–Crippen LogP) is 2.56. The standard InChI is InChI=1S/C22H19ClN4O3/c1-3-11-26-20(28)18(19(22(26)30)25-12-5-4-6-13-25)17-14(2)24-27(21(17)29)16-9-7-15(23)8-10-16/h4-10,12-13H,3,11H2,1-2H3/p+1. The number of aromatic nitrogens is 3. The van der Waals surface area contributed by atoms with Crippen LogP contribution in [0.4, 0.5) is 0 Å². The molecule has 0 atom stereocenters. The molecule has 7 nitrogen and oxygen atoms in total. The van der Waals surface area contributed by atoms with Gasteiger partial charge in [-0.05, 0) is 37.6 Å². The molecular formula is C22H20ClN4O3+. The highest BCUT2D eigenvalue weighted by atomic mass is 35.5. The molecule has 1 aromatic carbocycles. The SMILES string of the molecule is CCCN1C(=O)C(c2c(C)[nH]n(-c3ccc(Cl)cc3)c2=O)=C([n+]2ccccc2)C1=O. The molecule has 1 N–H and O–H groups in total. The van der Waals surface area contributed by atoms with E-state index >= 15 is 0 Å². The first-order valence-electron chi connectivity index (χ1n) is 9.59. The van der Waals surface area contributed by atoms with E-state index in [1.807, 2.05) is 13.0 Å². The summed E-state index contributed by atoms with van der Waals surface area (Å²) in [7, 11) is 0. The van der Waals surface area contributed by atoms with Crippen LogP contribution in [0.2, 0.25) is 5.02 Å². The normalized spacial score (nSPS) is 14.2. The molecule has 0 bridgehead atoms. The third-order valence-electron chi connectivity index (χ3n) is 4.97. The number of hydrogen-bond acceptors (Lipinski definition) is 3. The van der Waals surface area contributed by atoms with Gasteiger partial charge in [-0.15, -0.1) is 0 Å². The van der Waals surface area contributed by atoms with Crippen molar-refractivity contribution in [1.82, 2.24) is 14.7 Å². The van der Waals surface area contributed by atoms with Gasteiger partial charge >= 0.3 is 5.91 Å². The molecule has 0 saturated carbocycles. The van der Waals surface area contributed by atoms with Crippen molar-refractivity contribution in [3.63, 3.8) is 0 Å². The number of nitrogens with one attached hydrogen (secondary N) is 1. The Morgan fingerprint density at radius 3 is 2.30 bits per heavy atom. The minimum Gasteiger partial charge on any atom is -0.295 e. The fourth-order valence-electron chi connectivity index (χ4n) is 3.62. The molecule has 152 valence electrons. The molecule has 0 fully saturated rings. The van der Waals surface area contributed by atoms with Crippen molar-refractivity contribution in [2.75, 3.05) is 6.54 Å². The summed E-state index contributed by atoms with van der Waals surface area (Å²) in [5.74, 6) is -0.873. The van der Waals surface area contributed by atoms with Gasteiger partial charge in [0.15, 0.2) is 12.4 Å². The Morgan fingerprint density at radius 2 is 1.67 bits per heavy atom. The fraction of sp³-hybridized carbons (Fsp3) is 0.182. The van der Waals surface area contributed by atoms with Gasteiger partial charge in [0.2, 0.25) is 0 Å². The number of nitrogens with zero attached hydrogens (tertiary/aromatic N) is 3. The Bertz CT molecular complexity index is 1220. The van der Waals surface area contributed by atoms with Crippen LogP contribution in [0.15, 0.2) is 59.7 Å². The van der Waals surface area contributed by atoms with Crippen LogP contribution in [-0.2, 0) is 9.59 Å². The lowest BCUT2D eigenvalue weighted by molar-refractivity contribution is -0.576. The first kappa shape index (κ1) is 19.8. The maximum Gasteiger partial charge on any atom is 0.326 e. The average Bonchev–Trinajstić information content (AvgIpc) is 3.16. The first-order valence-corrected chi connectivity index (χ1v) is 9.97. The van der Waals surface area contributed by atoms with Crippen molar-refractivity contribution in [3.05, 3.63) is 81.5 Å².